The molecule has 3 aromatic rings. The monoisotopic (exact) mass is 409 g/mol. The molecule has 0 atom stereocenters. The molecule has 2 heterocycles. The van der Waals surface area contributed by atoms with Gasteiger partial charge in [-0.05, 0) is 57.9 Å². The van der Waals surface area contributed by atoms with Gasteiger partial charge in [0, 0.05) is 35.0 Å². The lowest BCUT2D eigenvalue weighted by molar-refractivity contribution is 0.140. The predicted molar refractivity (Wildman–Crippen MR) is 119 cm³/mol. The van der Waals surface area contributed by atoms with Crippen molar-refractivity contribution in [3.05, 3.63) is 46.3 Å². The van der Waals surface area contributed by atoms with E-state index in [1.165, 1.54) is 0 Å². The number of rotatable bonds is 7. The van der Waals surface area contributed by atoms with Crippen molar-refractivity contribution in [2.75, 3.05) is 20.3 Å². The zero-order valence-electron chi connectivity index (χ0n) is 17.6. The average molecular weight is 410 g/mol. The fraction of sp³-hybridized carbons (Fsp3) is 0.391. The predicted octanol–water partition coefficient (Wildman–Crippen LogP) is 4.60. The molecule has 0 N–H and O–H groups in total. The van der Waals surface area contributed by atoms with Crippen molar-refractivity contribution >= 4 is 22.4 Å². The van der Waals surface area contributed by atoms with Gasteiger partial charge in [0.25, 0.3) is 0 Å². The molecule has 0 unspecified atom stereocenters. The van der Waals surface area contributed by atoms with Gasteiger partial charge in [0.2, 0.25) is 5.88 Å². The molecule has 0 aliphatic rings. The molecule has 2 aromatic heterocycles. The number of ether oxygens (including phenoxy) is 2. The van der Waals surface area contributed by atoms with E-state index in [-0.39, 0.29) is 0 Å². The molecule has 0 aliphatic heterocycles. The number of hydrogen-bond acceptors (Lipinski definition) is 6. The fourth-order valence-corrected chi connectivity index (χ4v) is 3.80. The molecular weight excluding hydrogens is 382 g/mol. The smallest absolute Gasteiger partial charge is 0.249 e. The second-order valence-electron chi connectivity index (χ2n) is 7.27. The van der Waals surface area contributed by atoms with E-state index in [2.05, 4.69) is 54.4 Å². The largest absolute Gasteiger partial charge is 0.497 e. The van der Waals surface area contributed by atoms with Gasteiger partial charge in [0.1, 0.15) is 23.4 Å². The second-order valence-corrected chi connectivity index (χ2v) is 8.02. The van der Waals surface area contributed by atoms with E-state index >= 15 is 0 Å². The van der Waals surface area contributed by atoms with Crippen LogP contribution in [0.1, 0.15) is 39.0 Å². The molecule has 5 nitrogen and oxygen atoms in total. The topological polar surface area (TPSA) is 47.5 Å². The summed E-state index contributed by atoms with van der Waals surface area (Å²) < 4.78 is 11.2. The first kappa shape index (κ1) is 21.1. The van der Waals surface area contributed by atoms with E-state index in [0.29, 0.717) is 30.3 Å². The summed E-state index contributed by atoms with van der Waals surface area (Å²) in [6.45, 7) is 10.2. The number of benzene rings is 1. The Morgan fingerprint density at radius 2 is 1.62 bits per heavy atom. The van der Waals surface area contributed by atoms with E-state index < -0.39 is 0 Å². The quantitative estimate of drug-likeness (QED) is 0.534. The lowest BCUT2D eigenvalue weighted by atomic mass is 10.2. The molecule has 0 aliphatic carbocycles. The minimum absolute atomic E-state index is 0.457. The molecule has 152 valence electrons. The summed E-state index contributed by atoms with van der Waals surface area (Å²) in [4.78, 5) is 11.7. The van der Waals surface area contributed by atoms with Gasteiger partial charge in [-0.25, -0.2) is 9.97 Å². The van der Waals surface area contributed by atoms with Gasteiger partial charge in [0.15, 0.2) is 5.69 Å². The first-order valence-electron chi connectivity index (χ1n) is 9.76. The third-order valence-corrected chi connectivity index (χ3v) is 5.33. The van der Waals surface area contributed by atoms with E-state index in [1.807, 2.05) is 35.0 Å². The first-order valence-corrected chi connectivity index (χ1v) is 10.7. The van der Waals surface area contributed by atoms with Crippen LogP contribution in [-0.4, -0.2) is 47.2 Å². The van der Waals surface area contributed by atoms with Gasteiger partial charge in [-0.1, -0.05) is 5.92 Å². The number of methoxy groups -OCH3 is 1. The summed E-state index contributed by atoms with van der Waals surface area (Å²) in [6, 6.07) is 8.54. The molecule has 0 bridgehead atoms. The third kappa shape index (κ3) is 5.47. The highest BCUT2D eigenvalue weighted by Crippen LogP contribution is 2.21. The van der Waals surface area contributed by atoms with Crippen molar-refractivity contribution in [3.8, 4) is 23.5 Å². The van der Waals surface area contributed by atoms with Crippen molar-refractivity contribution in [1.29, 1.82) is 0 Å². The number of nitrogens with zero attached hydrogens (tertiary/aromatic N) is 3. The normalized spacial score (nSPS) is 11.2. The Labute approximate surface area is 176 Å². The molecule has 1 aromatic carbocycles. The van der Waals surface area contributed by atoms with Crippen molar-refractivity contribution in [2.24, 2.45) is 0 Å². The molecule has 0 spiro atoms. The minimum Gasteiger partial charge on any atom is -0.497 e. The molecule has 29 heavy (non-hydrogen) atoms. The summed E-state index contributed by atoms with van der Waals surface area (Å²) in [5.74, 6) is 7.58. The number of fused-ring (bicyclic) bond motifs is 1. The van der Waals surface area contributed by atoms with Crippen LogP contribution in [-0.2, 0) is 0 Å². The maximum Gasteiger partial charge on any atom is 0.249 e. The van der Waals surface area contributed by atoms with Crippen molar-refractivity contribution in [2.45, 2.75) is 39.8 Å². The van der Waals surface area contributed by atoms with E-state index in [4.69, 9.17) is 9.47 Å². The van der Waals surface area contributed by atoms with Gasteiger partial charge in [-0.3, -0.25) is 4.90 Å². The summed E-state index contributed by atoms with van der Waals surface area (Å²) in [5.41, 5.74) is 3.12. The Morgan fingerprint density at radius 1 is 0.966 bits per heavy atom. The first-order chi connectivity index (χ1) is 14.0. The second kappa shape index (κ2) is 9.73. The summed E-state index contributed by atoms with van der Waals surface area (Å²) in [6.07, 6.45) is 0. The Hall–Kier alpha value is -2.62. The lowest BCUT2D eigenvalue weighted by Crippen LogP contribution is -2.39. The van der Waals surface area contributed by atoms with E-state index in [1.54, 1.807) is 18.4 Å². The zero-order valence-corrected chi connectivity index (χ0v) is 18.4. The van der Waals surface area contributed by atoms with Crippen molar-refractivity contribution in [1.82, 2.24) is 14.9 Å². The standard InChI is InChI=1S/C23H27N3O2S/c1-16(2)26(17(3)4)12-13-28-23-20(24-21-14-29-15-22(21)25-23)11-8-18-6-9-19(27-5)10-7-18/h6-7,9-10,14-17H,12-13H2,1-5H3. The molecule has 0 saturated heterocycles. The SMILES string of the molecule is COc1ccc(C#Cc2nc3cscc3nc2OCCN(C(C)C)C(C)C)cc1. The maximum absolute atomic E-state index is 6.04. The number of thiophene rings is 1. The van der Waals surface area contributed by atoms with E-state index in [0.717, 1.165) is 28.9 Å². The van der Waals surface area contributed by atoms with Crippen LogP contribution < -0.4 is 9.47 Å². The lowest BCUT2D eigenvalue weighted by Gasteiger charge is -2.30. The highest BCUT2D eigenvalue weighted by Gasteiger charge is 2.14. The van der Waals surface area contributed by atoms with Crippen LogP contribution in [0.15, 0.2) is 35.0 Å². The van der Waals surface area contributed by atoms with Crippen LogP contribution in [0, 0.1) is 11.8 Å². The van der Waals surface area contributed by atoms with Gasteiger partial charge in [-0.2, -0.15) is 0 Å². The van der Waals surface area contributed by atoms with Crippen molar-refractivity contribution < 1.29 is 9.47 Å². The van der Waals surface area contributed by atoms with Gasteiger partial charge < -0.3 is 9.47 Å². The van der Waals surface area contributed by atoms with Crippen LogP contribution in [0.25, 0.3) is 11.0 Å². The van der Waals surface area contributed by atoms with Gasteiger partial charge in [-0.15, -0.1) is 11.3 Å². The van der Waals surface area contributed by atoms with Gasteiger partial charge in [0.05, 0.1) is 7.11 Å². The Kier molecular flexibility index (Phi) is 7.08. The Bertz CT molecular complexity index is 992. The number of aromatic nitrogens is 2. The van der Waals surface area contributed by atoms with Gasteiger partial charge >= 0.3 is 0 Å². The molecule has 0 saturated carbocycles. The average Bonchev–Trinajstić information content (AvgIpc) is 3.16. The molecule has 0 fully saturated rings. The maximum atomic E-state index is 6.04. The minimum atomic E-state index is 0.457. The van der Waals surface area contributed by atoms with Crippen LogP contribution in [0.4, 0.5) is 0 Å². The van der Waals surface area contributed by atoms with E-state index in [9.17, 15) is 0 Å². The van der Waals surface area contributed by atoms with Crippen LogP contribution in [0.3, 0.4) is 0 Å². The molecule has 0 radical (unpaired) electrons. The zero-order chi connectivity index (χ0) is 20.8. The molecule has 6 heteroatoms. The summed E-state index contributed by atoms with van der Waals surface area (Å²) in [7, 11) is 1.65. The van der Waals surface area contributed by atoms with Crippen LogP contribution in [0.2, 0.25) is 0 Å². The van der Waals surface area contributed by atoms with Crippen LogP contribution in [0.5, 0.6) is 11.6 Å². The molecule has 3 rings (SSSR count). The highest BCUT2D eigenvalue weighted by molar-refractivity contribution is 7.09. The Morgan fingerprint density at radius 3 is 2.24 bits per heavy atom. The summed E-state index contributed by atoms with van der Waals surface area (Å²) >= 11 is 1.57. The molecule has 0 amide bonds. The van der Waals surface area contributed by atoms with Crippen molar-refractivity contribution in [3.63, 3.8) is 0 Å². The fourth-order valence-electron chi connectivity index (χ4n) is 3.13. The Balaban J connectivity index is 1.82. The highest BCUT2D eigenvalue weighted by atomic mass is 32.1. The summed E-state index contributed by atoms with van der Waals surface area (Å²) in [5, 5.41) is 3.95. The number of hydrogen-bond donors (Lipinski definition) is 0. The van der Waals surface area contributed by atoms with Crippen LogP contribution >= 0.6 is 11.3 Å². The third-order valence-electron chi connectivity index (χ3n) is 4.61. The molecular formula is C23H27N3O2S.